The van der Waals surface area contributed by atoms with Gasteiger partial charge in [0.05, 0.1) is 22.2 Å². The molecule has 0 amide bonds. The maximum atomic E-state index is 12.7. The molecule has 6 N–H and O–H groups in total. The zero-order valence-corrected chi connectivity index (χ0v) is 20.4. The van der Waals surface area contributed by atoms with E-state index < -0.39 is 16.1 Å². The summed E-state index contributed by atoms with van der Waals surface area (Å²) >= 11 is 0. The second kappa shape index (κ2) is 10.3. The van der Waals surface area contributed by atoms with E-state index in [0.29, 0.717) is 30.1 Å². The minimum absolute atomic E-state index is 0.0787. The van der Waals surface area contributed by atoms with Crippen molar-refractivity contribution in [2.75, 3.05) is 30.2 Å². The van der Waals surface area contributed by atoms with Crippen LogP contribution in [0, 0.1) is 13.8 Å². The predicted molar refractivity (Wildman–Crippen MR) is 137 cm³/mol. The van der Waals surface area contributed by atoms with Crippen LogP contribution in [0.15, 0.2) is 65.6 Å². The number of aromatic nitrogens is 2. The number of benzene rings is 3. The summed E-state index contributed by atoms with van der Waals surface area (Å²) in [7, 11) is -3.81. The van der Waals surface area contributed by atoms with Crippen LogP contribution < -0.4 is 20.5 Å². The maximum Gasteiger partial charge on any atom is 0.261 e. The van der Waals surface area contributed by atoms with E-state index in [2.05, 4.69) is 20.2 Å². The number of nitrogen functional groups attached to an aromatic ring is 1. The Balaban J connectivity index is 1.28. The van der Waals surface area contributed by atoms with Gasteiger partial charge < -0.3 is 20.9 Å². The summed E-state index contributed by atoms with van der Waals surface area (Å²) in [5, 5.41) is 21.9. The summed E-state index contributed by atoms with van der Waals surface area (Å²) in [6.07, 6.45) is -0.821. The first-order chi connectivity index (χ1) is 16.7. The van der Waals surface area contributed by atoms with E-state index in [4.69, 9.17) is 10.5 Å². The van der Waals surface area contributed by atoms with Gasteiger partial charge in [0.25, 0.3) is 10.0 Å². The Morgan fingerprint density at radius 3 is 2.74 bits per heavy atom. The molecule has 0 aliphatic rings. The minimum Gasteiger partial charge on any atom is -0.492 e. The molecular weight excluding hydrogens is 466 g/mol. The van der Waals surface area contributed by atoms with Gasteiger partial charge in [-0.05, 0) is 61.4 Å². The van der Waals surface area contributed by atoms with Crippen molar-refractivity contribution in [2.45, 2.75) is 24.8 Å². The molecule has 3 aromatic carbocycles. The molecule has 35 heavy (non-hydrogen) atoms. The average Bonchev–Trinajstić information content (AvgIpc) is 3.20. The Morgan fingerprint density at radius 2 is 1.94 bits per heavy atom. The van der Waals surface area contributed by atoms with Gasteiger partial charge >= 0.3 is 0 Å². The Kier molecular flexibility index (Phi) is 7.25. The smallest absolute Gasteiger partial charge is 0.261 e. The number of anilines is 2. The molecule has 0 saturated carbocycles. The molecule has 0 fully saturated rings. The average molecular weight is 496 g/mol. The number of aromatic amines is 1. The highest BCUT2D eigenvalue weighted by Gasteiger charge is 2.16. The Labute approximate surface area is 204 Å². The van der Waals surface area contributed by atoms with Gasteiger partial charge in [-0.1, -0.05) is 18.2 Å². The summed E-state index contributed by atoms with van der Waals surface area (Å²) in [5.41, 5.74) is 9.87. The molecule has 0 radical (unpaired) electrons. The van der Waals surface area contributed by atoms with Crippen molar-refractivity contribution in [1.29, 1.82) is 0 Å². The summed E-state index contributed by atoms with van der Waals surface area (Å²) in [6.45, 7) is 4.99. The zero-order valence-electron chi connectivity index (χ0n) is 19.6. The van der Waals surface area contributed by atoms with Crippen LogP contribution in [0.1, 0.15) is 22.9 Å². The van der Waals surface area contributed by atoms with Gasteiger partial charge in [0, 0.05) is 35.9 Å². The van der Waals surface area contributed by atoms with Gasteiger partial charge in [0.2, 0.25) is 0 Å². The molecule has 0 bridgehead atoms. The third-order valence-corrected chi connectivity index (χ3v) is 7.07. The topological polar surface area (TPSA) is 142 Å². The Bertz CT molecular complexity index is 1440. The lowest BCUT2D eigenvalue weighted by atomic mass is 10.1. The van der Waals surface area contributed by atoms with Crippen molar-refractivity contribution in [1.82, 2.24) is 15.5 Å². The molecule has 10 heteroatoms. The molecule has 9 nitrogen and oxygen atoms in total. The van der Waals surface area contributed by atoms with Gasteiger partial charge in [-0.2, -0.15) is 5.10 Å². The number of hydrogen-bond acceptors (Lipinski definition) is 7. The van der Waals surface area contributed by atoms with Crippen LogP contribution in [0.4, 0.5) is 11.4 Å². The third-order valence-electron chi connectivity index (χ3n) is 5.69. The van der Waals surface area contributed by atoms with Crippen molar-refractivity contribution in [3.8, 4) is 5.75 Å². The Morgan fingerprint density at radius 1 is 1.11 bits per heavy atom. The number of nitrogens with two attached hydrogens (primary N) is 1. The molecule has 0 spiro atoms. The van der Waals surface area contributed by atoms with E-state index in [1.54, 1.807) is 30.3 Å². The second-order valence-corrected chi connectivity index (χ2v) is 10.0. The number of fused-ring (bicyclic) bond motifs is 1. The van der Waals surface area contributed by atoms with E-state index >= 15 is 0 Å². The van der Waals surface area contributed by atoms with E-state index in [1.165, 1.54) is 12.1 Å². The van der Waals surface area contributed by atoms with E-state index in [0.717, 1.165) is 27.9 Å². The minimum atomic E-state index is -3.81. The summed E-state index contributed by atoms with van der Waals surface area (Å²) in [6, 6.07) is 17.0. The van der Waals surface area contributed by atoms with Crippen molar-refractivity contribution in [3.63, 3.8) is 0 Å². The highest BCUT2D eigenvalue weighted by atomic mass is 32.2. The van der Waals surface area contributed by atoms with Crippen LogP contribution in [0.3, 0.4) is 0 Å². The van der Waals surface area contributed by atoms with Crippen molar-refractivity contribution in [2.24, 2.45) is 0 Å². The third kappa shape index (κ3) is 5.91. The van der Waals surface area contributed by atoms with Gasteiger partial charge in [0.1, 0.15) is 12.4 Å². The van der Waals surface area contributed by atoms with Gasteiger partial charge in [-0.15, -0.1) is 0 Å². The molecule has 1 atom stereocenters. The van der Waals surface area contributed by atoms with Crippen LogP contribution in [0.5, 0.6) is 5.75 Å². The van der Waals surface area contributed by atoms with Gasteiger partial charge in [0.15, 0.2) is 0 Å². The summed E-state index contributed by atoms with van der Waals surface area (Å²) in [5.74, 6) is 0.735. The maximum absolute atomic E-state index is 12.7. The molecular formula is C25H29N5O4S. The van der Waals surface area contributed by atoms with Crippen LogP contribution in [-0.4, -0.2) is 43.4 Å². The van der Waals surface area contributed by atoms with Crippen LogP contribution in [0.2, 0.25) is 0 Å². The first-order valence-electron chi connectivity index (χ1n) is 11.2. The lowest BCUT2D eigenvalue weighted by Crippen LogP contribution is -2.26. The molecule has 0 aliphatic carbocycles. The highest BCUT2D eigenvalue weighted by Crippen LogP contribution is 2.23. The fourth-order valence-electron chi connectivity index (χ4n) is 3.63. The number of rotatable bonds is 10. The highest BCUT2D eigenvalue weighted by molar-refractivity contribution is 7.92. The number of sulfonamides is 1. The number of nitrogens with zero attached hydrogens (tertiary/aromatic N) is 1. The largest absolute Gasteiger partial charge is 0.492 e. The van der Waals surface area contributed by atoms with E-state index in [-0.39, 0.29) is 11.4 Å². The fourth-order valence-corrected chi connectivity index (χ4v) is 4.72. The van der Waals surface area contributed by atoms with E-state index in [9.17, 15) is 13.5 Å². The van der Waals surface area contributed by atoms with Crippen molar-refractivity contribution in [3.05, 3.63) is 77.5 Å². The first kappa shape index (κ1) is 24.5. The molecule has 0 saturated heterocycles. The van der Waals surface area contributed by atoms with Crippen LogP contribution >= 0.6 is 0 Å². The SMILES string of the molecule is Cc1ccc(S(=O)(=O)Nc2cccc(C(O)CNCCOc3ccc4c(C)n[nH]c4c3)c2)cc1N. The number of aryl methyl sites for hydroxylation is 2. The quantitative estimate of drug-likeness (QED) is 0.168. The summed E-state index contributed by atoms with van der Waals surface area (Å²) in [4.78, 5) is 0.0787. The molecule has 184 valence electrons. The lowest BCUT2D eigenvalue weighted by Gasteiger charge is -2.15. The van der Waals surface area contributed by atoms with Crippen LogP contribution in [-0.2, 0) is 10.0 Å². The Hall–Kier alpha value is -3.60. The van der Waals surface area contributed by atoms with Gasteiger partial charge in [-0.3, -0.25) is 9.82 Å². The number of nitrogens with one attached hydrogen (secondary N) is 3. The zero-order chi connectivity index (χ0) is 25.0. The number of aliphatic hydroxyl groups excluding tert-OH is 1. The van der Waals surface area contributed by atoms with E-state index in [1.807, 2.05) is 32.0 Å². The first-order valence-corrected chi connectivity index (χ1v) is 12.7. The fraction of sp³-hybridized carbons (Fsp3) is 0.240. The molecule has 4 rings (SSSR count). The van der Waals surface area contributed by atoms with Crippen LogP contribution in [0.25, 0.3) is 10.9 Å². The number of ether oxygens (including phenoxy) is 1. The number of hydrogen-bond donors (Lipinski definition) is 5. The summed E-state index contributed by atoms with van der Waals surface area (Å²) < 4.78 is 33.7. The second-order valence-electron chi connectivity index (χ2n) is 8.33. The normalized spacial score (nSPS) is 12.5. The predicted octanol–water partition coefficient (Wildman–Crippen LogP) is 3.26. The molecule has 4 aromatic rings. The van der Waals surface area contributed by atoms with Crippen molar-refractivity contribution >= 4 is 32.3 Å². The standard InChI is InChI=1S/C25H29N5O4S/c1-16-6-8-21(14-23(16)26)35(32,33)30-19-5-3-4-18(12-19)25(31)15-27-10-11-34-20-7-9-22-17(2)28-29-24(22)13-20/h3-9,12-14,25,27,30-31H,10-11,15,26H2,1-2H3,(H,28,29). The molecule has 1 unspecified atom stereocenters. The number of aliphatic hydroxyl groups is 1. The van der Waals surface area contributed by atoms with Crippen molar-refractivity contribution < 1.29 is 18.3 Å². The molecule has 1 heterocycles. The number of H-pyrrole nitrogens is 1. The van der Waals surface area contributed by atoms with Gasteiger partial charge in [-0.25, -0.2) is 8.42 Å². The lowest BCUT2D eigenvalue weighted by molar-refractivity contribution is 0.172. The monoisotopic (exact) mass is 495 g/mol. The molecule has 1 aromatic heterocycles. The molecule has 0 aliphatic heterocycles.